The smallest absolute Gasteiger partial charge is 0.321 e. The van der Waals surface area contributed by atoms with E-state index >= 15 is 0 Å². The topological polar surface area (TPSA) is 54.3 Å². The van der Waals surface area contributed by atoms with E-state index in [4.69, 9.17) is 4.42 Å². The summed E-state index contributed by atoms with van der Waals surface area (Å²) in [6.45, 7) is 0. The molecule has 2 rings (SSSR count). The molecule has 2 amide bonds. The van der Waals surface area contributed by atoms with Crippen molar-refractivity contribution in [2.24, 2.45) is 0 Å². The maximum absolute atomic E-state index is 11.1. The first kappa shape index (κ1) is 7.21. The molecule has 1 saturated carbocycles. The molecule has 12 heavy (non-hydrogen) atoms. The van der Waals surface area contributed by atoms with Crippen LogP contribution in [0.2, 0.25) is 0 Å². The van der Waals surface area contributed by atoms with Gasteiger partial charge in [-0.25, -0.2) is 4.79 Å². The largest absolute Gasteiger partial charge is 0.449 e. The van der Waals surface area contributed by atoms with E-state index in [9.17, 15) is 4.79 Å². The van der Waals surface area contributed by atoms with Crippen LogP contribution in [0.3, 0.4) is 0 Å². The molecule has 0 bridgehead atoms. The van der Waals surface area contributed by atoms with E-state index in [0.29, 0.717) is 11.9 Å². The van der Waals surface area contributed by atoms with Gasteiger partial charge in [0.1, 0.15) is 0 Å². The number of hydrogen-bond donors (Lipinski definition) is 2. The van der Waals surface area contributed by atoms with Gasteiger partial charge in [-0.05, 0) is 18.9 Å². The van der Waals surface area contributed by atoms with Crippen LogP contribution < -0.4 is 10.6 Å². The molecule has 1 aromatic heterocycles. The summed E-state index contributed by atoms with van der Waals surface area (Å²) in [6, 6.07) is 3.62. The third-order valence-electron chi connectivity index (χ3n) is 1.67. The molecule has 2 N–H and O–H groups in total. The van der Waals surface area contributed by atoms with Crippen molar-refractivity contribution in [1.29, 1.82) is 0 Å². The Morgan fingerprint density at radius 2 is 2.42 bits per heavy atom. The molecule has 64 valence electrons. The van der Waals surface area contributed by atoms with Crippen molar-refractivity contribution in [2.75, 3.05) is 5.32 Å². The van der Waals surface area contributed by atoms with Gasteiger partial charge in [-0.2, -0.15) is 0 Å². The Labute approximate surface area is 69.9 Å². The summed E-state index contributed by atoms with van der Waals surface area (Å²) >= 11 is 0. The first-order valence-corrected chi connectivity index (χ1v) is 3.95. The molecule has 0 aliphatic heterocycles. The molecule has 0 unspecified atom stereocenters. The summed E-state index contributed by atoms with van der Waals surface area (Å²) in [6.07, 6.45) is 3.70. The Morgan fingerprint density at radius 1 is 1.58 bits per heavy atom. The van der Waals surface area contributed by atoms with Gasteiger partial charge in [-0.15, -0.1) is 0 Å². The van der Waals surface area contributed by atoms with Crippen molar-refractivity contribution in [3.05, 3.63) is 18.4 Å². The third kappa shape index (κ3) is 1.78. The van der Waals surface area contributed by atoms with E-state index in [1.54, 1.807) is 12.1 Å². The number of amides is 2. The molecular weight excluding hydrogens is 156 g/mol. The van der Waals surface area contributed by atoms with Gasteiger partial charge in [-0.1, -0.05) is 0 Å². The number of nitrogens with one attached hydrogen (secondary N) is 2. The SMILES string of the molecule is O=C(Nc1ccco1)NC1CC1. The second-order valence-corrected chi connectivity index (χ2v) is 2.85. The lowest BCUT2D eigenvalue weighted by Gasteiger charge is -2.01. The molecular formula is C8H10N2O2. The van der Waals surface area contributed by atoms with Crippen LogP contribution in [-0.2, 0) is 0 Å². The van der Waals surface area contributed by atoms with Crippen LogP contribution in [0.5, 0.6) is 0 Å². The fraction of sp³-hybridized carbons (Fsp3) is 0.375. The van der Waals surface area contributed by atoms with Crippen LogP contribution in [0.15, 0.2) is 22.8 Å². The number of carbonyl (C=O) groups is 1. The van der Waals surface area contributed by atoms with Crippen molar-refractivity contribution in [1.82, 2.24) is 5.32 Å². The van der Waals surface area contributed by atoms with Gasteiger partial charge >= 0.3 is 6.03 Å². The van der Waals surface area contributed by atoms with Gasteiger partial charge in [0.25, 0.3) is 0 Å². The van der Waals surface area contributed by atoms with Crippen molar-refractivity contribution < 1.29 is 9.21 Å². The Hall–Kier alpha value is -1.45. The molecule has 0 saturated heterocycles. The van der Waals surface area contributed by atoms with Crippen LogP contribution in [0.1, 0.15) is 12.8 Å². The van der Waals surface area contributed by atoms with E-state index in [0.717, 1.165) is 12.8 Å². The van der Waals surface area contributed by atoms with Gasteiger partial charge in [0.2, 0.25) is 5.88 Å². The summed E-state index contributed by atoms with van der Waals surface area (Å²) in [4.78, 5) is 11.1. The molecule has 1 aliphatic carbocycles. The summed E-state index contributed by atoms with van der Waals surface area (Å²) in [5, 5.41) is 5.36. The second kappa shape index (κ2) is 2.89. The van der Waals surface area contributed by atoms with Crippen LogP contribution in [0, 0.1) is 0 Å². The lowest BCUT2D eigenvalue weighted by Crippen LogP contribution is -2.30. The molecule has 4 nitrogen and oxygen atoms in total. The maximum atomic E-state index is 11.1. The minimum Gasteiger partial charge on any atom is -0.449 e. The molecule has 4 heteroatoms. The normalized spacial score (nSPS) is 15.7. The molecule has 1 fully saturated rings. The van der Waals surface area contributed by atoms with Crippen LogP contribution in [-0.4, -0.2) is 12.1 Å². The van der Waals surface area contributed by atoms with Crippen LogP contribution in [0.4, 0.5) is 10.7 Å². The molecule has 0 atom stereocenters. The van der Waals surface area contributed by atoms with E-state index in [1.807, 2.05) is 0 Å². The van der Waals surface area contributed by atoms with Crippen molar-refractivity contribution in [2.45, 2.75) is 18.9 Å². The van der Waals surface area contributed by atoms with Gasteiger partial charge in [0.05, 0.1) is 6.26 Å². The molecule has 1 aromatic rings. The monoisotopic (exact) mass is 166 g/mol. The molecule has 0 aromatic carbocycles. The van der Waals surface area contributed by atoms with Crippen molar-refractivity contribution in [3.63, 3.8) is 0 Å². The summed E-state index contributed by atoms with van der Waals surface area (Å²) in [5.74, 6) is 0.480. The zero-order chi connectivity index (χ0) is 8.39. The number of urea groups is 1. The van der Waals surface area contributed by atoms with Crippen molar-refractivity contribution in [3.8, 4) is 0 Å². The average molecular weight is 166 g/mol. The highest BCUT2D eigenvalue weighted by Gasteiger charge is 2.23. The highest BCUT2D eigenvalue weighted by molar-refractivity contribution is 5.88. The summed E-state index contributed by atoms with van der Waals surface area (Å²) in [7, 11) is 0. The summed E-state index contributed by atoms with van der Waals surface area (Å²) < 4.78 is 4.93. The molecule has 0 spiro atoms. The minimum absolute atomic E-state index is 0.188. The van der Waals surface area contributed by atoms with Gasteiger partial charge in [-0.3, -0.25) is 5.32 Å². The highest BCUT2D eigenvalue weighted by atomic mass is 16.3. The predicted octanol–water partition coefficient (Wildman–Crippen LogP) is 1.56. The Balaban J connectivity index is 1.82. The fourth-order valence-corrected chi connectivity index (χ4v) is 0.911. The molecule has 0 radical (unpaired) electrons. The van der Waals surface area contributed by atoms with E-state index in [1.165, 1.54) is 6.26 Å². The summed E-state index contributed by atoms with van der Waals surface area (Å²) in [5.41, 5.74) is 0. The van der Waals surface area contributed by atoms with Crippen LogP contribution >= 0.6 is 0 Å². The number of hydrogen-bond acceptors (Lipinski definition) is 2. The van der Waals surface area contributed by atoms with E-state index in [2.05, 4.69) is 10.6 Å². The van der Waals surface area contributed by atoms with Gasteiger partial charge < -0.3 is 9.73 Å². The lowest BCUT2D eigenvalue weighted by atomic mass is 10.6. The number of furan rings is 1. The van der Waals surface area contributed by atoms with Crippen LogP contribution in [0.25, 0.3) is 0 Å². The third-order valence-corrected chi connectivity index (χ3v) is 1.67. The number of carbonyl (C=O) groups excluding carboxylic acids is 1. The first-order chi connectivity index (χ1) is 5.84. The Kier molecular flexibility index (Phi) is 1.74. The average Bonchev–Trinajstić information content (AvgIpc) is 2.66. The van der Waals surface area contributed by atoms with E-state index < -0.39 is 0 Å². The fourth-order valence-electron chi connectivity index (χ4n) is 0.911. The zero-order valence-electron chi connectivity index (χ0n) is 6.54. The molecule has 1 heterocycles. The van der Waals surface area contributed by atoms with Gasteiger partial charge in [0.15, 0.2) is 0 Å². The van der Waals surface area contributed by atoms with Crippen molar-refractivity contribution >= 4 is 11.9 Å². The maximum Gasteiger partial charge on any atom is 0.321 e. The molecule has 1 aliphatic rings. The zero-order valence-corrected chi connectivity index (χ0v) is 6.54. The second-order valence-electron chi connectivity index (χ2n) is 2.85. The lowest BCUT2D eigenvalue weighted by molar-refractivity contribution is 0.251. The minimum atomic E-state index is -0.188. The highest BCUT2D eigenvalue weighted by Crippen LogP contribution is 2.18. The Bertz CT molecular complexity index is 265. The standard InChI is InChI=1S/C8H10N2O2/c11-8(9-6-3-4-6)10-7-2-1-5-12-7/h1-2,5-6H,3-4H2,(H2,9,10,11). The quantitative estimate of drug-likeness (QED) is 0.700. The number of anilines is 1. The van der Waals surface area contributed by atoms with Gasteiger partial charge in [0, 0.05) is 12.1 Å². The Morgan fingerprint density at radius 3 is 3.00 bits per heavy atom. The predicted molar refractivity (Wildman–Crippen MR) is 43.9 cm³/mol. The number of rotatable bonds is 2. The van der Waals surface area contributed by atoms with E-state index in [-0.39, 0.29) is 6.03 Å². The first-order valence-electron chi connectivity index (χ1n) is 3.95.